The molecule has 1 atom stereocenters. The molecule has 3 nitrogen and oxygen atoms in total. The predicted molar refractivity (Wildman–Crippen MR) is 117 cm³/mol. The third kappa shape index (κ3) is 4.48. The summed E-state index contributed by atoms with van der Waals surface area (Å²) >= 11 is 3.59. The fourth-order valence-corrected chi connectivity index (χ4v) is 4.27. The molecule has 0 bridgehead atoms. The van der Waals surface area contributed by atoms with E-state index in [1.807, 2.05) is 26.0 Å². The summed E-state index contributed by atoms with van der Waals surface area (Å²) in [5.74, 6) is 0. The molecule has 150 valence electrons. The number of aromatic nitrogens is 1. The Bertz CT molecular complexity index is 928. The molecule has 1 heterocycles. The Balaban J connectivity index is 0.00000109. The van der Waals surface area contributed by atoms with Crippen molar-refractivity contribution in [2.45, 2.75) is 51.3 Å². The lowest BCUT2D eigenvalue weighted by Gasteiger charge is -2.24. The summed E-state index contributed by atoms with van der Waals surface area (Å²) in [4.78, 5) is 3.64. The first-order chi connectivity index (χ1) is 13.4. The summed E-state index contributed by atoms with van der Waals surface area (Å²) in [7, 11) is 0.500. The van der Waals surface area contributed by atoms with Crippen LogP contribution in [0.1, 0.15) is 55.1 Å². The van der Waals surface area contributed by atoms with Crippen molar-refractivity contribution >= 4 is 26.8 Å². The molecule has 0 radical (unpaired) electrons. The number of alkyl halides is 1. The SMILES string of the molecule is CC(C)(O)c1ccc(CNC2CCCc3c2[nH]c2ccc(Br)cc32)cc1.CF. The minimum absolute atomic E-state index is 0.360. The Labute approximate surface area is 174 Å². The van der Waals surface area contributed by atoms with Crippen LogP contribution in [0.15, 0.2) is 46.9 Å². The van der Waals surface area contributed by atoms with Gasteiger partial charge in [0.25, 0.3) is 0 Å². The molecule has 0 saturated carbocycles. The first kappa shape index (κ1) is 21.0. The topological polar surface area (TPSA) is 48.0 Å². The average Bonchev–Trinajstić information content (AvgIpc) is 3.06. The van der Waals surface area contributed by atoms with Crippen LogP contribution in [0.25, 0.3) is 10.9 Å². The number of aryl methyl sites for hydroxylation is 1. The van der Waals surface area contributed by atoms with E-state index in [4.69, 9.17) is 0 Å². The van der Waals surface area contributed by atoms with Crippen molar-refractivity contribution in [3.05, 3.63) is 69.3 Å². The Kier molecular flexibility index (Phi) is 6.58. The van der Waals surface area contributed by atoms with Crippen LogP contribution in [0.5, 0.6) is 0 Å². The monoisotopic (exact) mass is 446 g/mol. The highest BCUT2D eigenvalue weighted by atomic mass is 79.9. The molecular formula is C23H28BrFN2O. The second-order valence-electron chi connectivity index (χ2n) is 7.79. The van der Waals surface area contributed by atoms with Crippen LogP contribution in [0, 0.1) is 0 Å². The summed E-state index contributed by atoms with van der Waals surface area (Å²) in [6.07, 6.45) is 3.51. The zero-order chi connectivity index (χ0) is 20.3. The zero-order valence-electron chi connectivity index (χ0n) is 16.7. The standard InChI is InChI=1S/C22H25BrN2O.CH3F/c1-22(2,26)15-8-6-14(7-9-15)13-24-20-5-3-4-17-18-12-16(23)10-11-19(18)25-21(17)20;1-2/h6-12,20,24-26H,3-5,13H2,1-2H3;1H3. The molecule has 0 amide bonds. The normalized spacial score (nSPS) is 16.4. The molecule has 3 aromatic rings. The minimum Gasteiger partial charge on any atom is -0.386 e. The van der Waals surface area contributed by atoms with Gasteiger partial charge in [0, 0.05) is 33.7 Å². The third-order valence-corrected chi connectivity index (χ3v) is 5.88. The first-order valence-electron chi connectivity index (χ1n) is 9.65. The van der Waals surface area contributed by atoms with Gasteiger partial charge in [-0.15, -0.1) is 0 Å². The van der Waals surface area contributed by atoms with Crippen molar-refractivity contribution in [1.82, 2.24) is 10.3 Å². The second-order valence-corrected chi connectivity index (χ2v) is 8.70. The number of H-pyrrole nitrogens is 1. The maximum Gasteiger partial charge on any atom is 0.0840 e. The summed E-state index contributed by atoms with van der Waals surface area (Å²) in [5, 5.41) is 15.2. The van der Waals surface area contributed by atoms with Crippen LogP contribution in [-0.4, -0.2) is 17.3 Å². The first-order valence-corrected chi connectivity index (χ1v) is 10.4. The van der Waals surface area contributed by atoms with E-state index in [-0.39, 0.29) is 0 Å². The number of benzene rings is 2. The highest BCUT2D eigenvalue weighted by molar-refractivity contribution is 9.10. The molecule has 1 aliphatic rings. The van der Waals surface area contributed by atoms with Gasteiger partial charge in [0.1, 0.15) is 0 Å². The molecule has 28 heavy (non-hydrogen) atoms. The molecule has 3 N–H and O–H groups in total. The number of fused-ring (bicyclic) bond motifs is 3. The van der Waals surface area contributed by atoms with Crippen LogP contribution in [0.2, 0.25) is 0 Å². The minimum atomic E-state index is -0.789. The van der Waals surface area contributed by atoms with Crippen LogP contribution in [0.4, 0.5) is 4.39 Å². The van der Waals surface area contributed by atoms with Crippen molar-refractivity contribution in [2.24, 2.45) is 0 Å². The Morgan fingerprint density at radius 1 is 1.18 bits per heavy atom. The summed E-state index contributed by atoms with van der Waals surface area (Å²) < 4.78 is 10.6. The average molecular weight is 447 g/mol. The molecule has 1 unspecified atom stereocenters. The fourth-order valence-electron chi connectivity index (χ4n) is 3.91. The van der Waals surface area contributed by atoms with Gasteiger partial charge in [0.15, 0.2) is 0 Å². The Hall–Kier alpha value is -1.69. The smallest absolute Gasteiger partial charge is 0.0840 e. The fraction of sp³-hybridized carbons (Fsp3) is 0.391. The maximum atomic E-state index is 10.1. The lowest BCUT2D eigenvalue weighted by molar-refractivity contribution is 0.0786. The molecule has 0 aliphatic heterocycles. The number of nitrogens with one attached hydrogen (secondary N) is 2. The van der Waals surface area contributed by atoms with Crippen LogP contribution in [0.3, 0.4) is 0 Å². The van der Waals surface area contributed by atoms with Gasteiger partial charge in [-0.2, -0.15) is 0 Å². The van der Waals surface area contributed by atoms with E-state index in [0.717, 1.165) is 29.4 Å². The van der Waals surface area contributed by atoms with E-state index in [0.29, 0.717) is 13.2 Å². The van der Waals surface area contributed by atoms with Crippen molar-refractivity contribution in [2.75, 3.05) is 7.18 Å². The maximum absolute atomic E-state index is 10.1. The summed E-state index contributed by atoms with van der Waals surface area (Å²) in [6, 6.07) is 15.1. The predicted octanol–water partition coefficient (Wildman–Crippen LogP) is 5.91. The molecule has 5 heteroatoms. The van der Waals surface area contributed by atoms with Gasteiger partial charge >= 0.3 is 0 Å². The van der Waals surface area contributed by atoms with E-state index in [1.54, 1.807) is 0 Å². The van der Waals surface area contributed by atoms with Gasteiger partial charge in [0.2, 0.25) is 0 Å². The van der Waals surface area contributed by atoms with Crippen LogP contribution < -0.4 is 5.32 Å². The van der Waals surface area contributed by atoms with E-state index in [1.165, 1.54) is 34.1 Å². The molecule has 1 aliphatic carbocycles. The van der Waals surface area contributed by atoms with E-state index < -0.39 is 5.60 Å². The number of aliphatic hydroxyl groups is 1. The lowest BCUT2D eigenvalue weighted by Crippen LogP contribution is -2.25. The van der Waals surface area contributed by atoms with Gasteiger partial charge in [-0.1, -0.05) is 40.2 Å². The molecule has 0 spiro atoms. The quantitative estimate of drug-likeness (QED) is 0.466. The van der Waals surface area contributed by atoms with Crippen LogP contribution in [-0.2, 0) is 18.6 Å². The lowest BCUT2D eigenvalue weighted by atomic mass is 9.91. The van der Waals surface area contributed by atoms with Gasteiger partial charge in [-0.3, -0.25) is 4.39 Å². The van der Waals surface area contributed by atoms with E-state index in [2.05, 4.69) is 56.6 Å². The Morgan fingerprint density at radius 2 is 1.89 bits per heavy atom. The molecule has 2 aromatic carbocycles. The van der Waals surface area contributed by atoms with Crippen LogP contribution >= 0.6 is 15.9 Å². The molecule has 4 rings (SSSR count). The number of rotatable bonds is 4. The molecular weight excluding hydrogens is 419 g/mol. The largest absolute Gasteiger partial charge is 0.386 e. The molecule has 0 saturated heterocycles. The van der Waals surface area contributed by atoms with Gasteiger partial charge in [-0.05, 0) is 68.0 Å². The molecule has 0 fully saturated rings. The number of aromatic amines is 1. The summed E-state index contributed by atoms with van der Waals surface area (Å²) in [6.45, 7) is 4.46. The van der Waals surface area contributed by atoms with Crippen molar-refractivity contribution in [3.8, 4) is 0 Å². The zero-order valence-corrected chi connectivity index (χ0v) is 18.2. The van der Waals surface area contributed by atoms with Crippen molar-refractivity contribution in [1.29, 1.82) is 0 Å². The second kappa shape index (κ2) is 8.76. The van der Waals surface area contributed by atoms with Gasteiger partial charge in [0.05, 0.1) is 12.8 Å². The van der Waals surface area contributed by atoms with Crippen molar-refractivity contribution < 1.29 is 9.50 Å². The highest BCUT2D eigenvalue weighted by Crippen LogP contribution is 2.36. The number of hydrogen-bond acceptors (Lipinski definition) is 2. The third-order valence-electron chi connectivity index (χ3n) is 5.38. The Morgan fingerprint density at radius 3 is 2.57 bits per heavy atom. The summed E-state index contributed by atoms with van der Waals surface area (Å²) in [5.41, 5.74) is 5.43. The highest BCUT2D eigenvalue weighted by Gasteiger charge is 2.24. The number of halogens is 2. The van der Waals surface area contributed by atoms with Gasteiger partial charge in [-0.25, -0.2) is 0 Å². The number of hydrogen-bond donors (Lipinski definition) is 3. The van der Waals surface area contributed by atoms with Gasteiger partial charge < -0.3 is 15.4 Å². The van der Waals surface area contributed by atoms with E-state index in [9.17, 15) is 9.50 Å². The molecule has 1 aromatic heterocycles. The van der Waals surface area contributed by atoms with Crippen molar-refractivity contribution in [3.63, 3.8) is 0 Å². The van der Waals surface area contributed by atoms with E-state index >= 15 is 0 Å².